The van der Waals surface area contributed by atoms with Crippen LogP contribution in [0.1, 0.15) is 16.3 Å². The van der Waals surface area contributed by atoms with Crippen LogP contribution in [0.2, 0.25) is 0 Å². The molecule has 0 unspecified atom stereocenters. The summed E-state index contributed by atoms with van der Waals surface area (Å²) in [5.74, 6) is 0.791. The van der Waals surface area contributed by atoms with Crippen LogP contribution in [0.5, 0.6) is 0 Å². The Kier molecular flexibility index (Phi) is 5.15. The molecule has 2 N–H and O–H groups in total. The molecule has 0 saturated carbocycles. The van der Waals surface area contributed by atoms with Crippen LogP contribution in [0, 0.1) is 6.92 Å². The van der Waals surface area contributed by atoms with E-state index >= 15 is 0 Å². The zero-order valence-electron chi connectivity index (χ0n) is 14.1. The fourth-order valence-electron chi connectivity index (χ4n) is 2.45. The number of para-hydroxylation sites is 1. The predicted molar refractivity (Wildman–Crippen MR) is 96.0 cm³/mol. The normalized spacial score (nSPS) is 10.6. The number of fused-ring (bicyclic) bond motifs is 1. The van der Waals surface area contributed by atoms with Crippen molar-refractivity contribution in [3.63, 3.8) is 0 Å². The Hall–Kier alpha value is -3.06. The Balaban J connectivity index is 1.86. The summed E-state index contributed by atoms with van der Waals surface area (Å²) in [7, 11) is 1.58. The molecule has 2 heterocycles. The van der Waals surface area contributed by atoms with Crippen molar-refractivity contribution in [2.75, 3.05) is 25.6 Å². The van der Waals surface area contributed by atoms with Crippen molar-refractivity contribution in [1.29, 1.82) is 0 Å². The summed E-state index contributed by atoms with van der Waals surface area (Å²) in [6, 6.07) is 11.4. The van der Waals surface area contributed by atoms with E-state index in [-0.39, 0.29) is 5.91 Å². The maximum atomic E-state index is 12.2. The minimum absolute atomic E-state index is 0.262. The first-order valence-electron chi connectivity index (χ1n) is 7.91. The number of hydrogen-bond acceptors (Lipinski definition) is 6. The Labute approximate surface area is 145 Å². The summed E-state index contributed by atoms with van der Waals surface area (Å²) in [6.07, 6.45) is 1.74. The number of hydrogen-bond donors (Lipinski definition) is 2. The standard InChI is InChI=1S/C18H19N5O2/c1-12-21-15(18(24)20-9-10-25-2)11-16(22-12)23-14-7-3-5-13-6-4-8-19-17(13)14/h3-8,11H,9-10H2,1-2H3,(H,20,24)(H,21,22,23). The number of nitrogens with one attached hydrogen (secondary N) is 2. The highest BCUT2D eigenvalue weighted by atomic mass is 16.5. The van der Waals surface area contributed by atoms with Crippen LogP contribution in [0.3, 0.4) is 0 Å². The van der Waals surface area contributed by atoms with E-state index in [4.69, 9.17) is 4.74 Å². The lowest BCUT2D eigenvalue weighted by molar-refractivity contribution is 0.0932. The quantitative estimate of drug-likeness (QED) is 0.672. The number of benzene rings is 1. The molecule has 1 aromatic carbocycles. The van der Waals surface area contributed by atoms with Gasteiger partial charge in [-0.05, 0) is 19.1 Å². The molecule has 0 aliphatic carbocycles. The first-order valence-corrected chi connectivity index (χ1v) is 7.91. The molecule has 3 rings (SSSR count). The van der Waals surface area contributed by atoms with E-state index in [0.717, 1.165) is 16.6 Å². The van der Waals surface area contributed by atoms with E-state index in [0.29, 0.717) is 30.5 Å². The van der Waals surface area contributed by atoms with E-state index < -0.39 is 0 Å². The van der Waals surface area contributed by atoms with Gasteiger partial charge in [-0.25, -0.2) is 9.97 Å². The fraction of sp³-hybridized carbons (Fsp3) is 0.222. The molecule has 0 spiro atoms. The van der Waals surface area contributed by atoms with Gasteiger partial charge in [-0.3, -0.25) is 9.78 Å². The number of carbonyl (C=O) groups is 1. The second kappa shape index (κ2) is 7.67. The number of aryl methyl sites for hydroxylation is 1. The summed E-state index contributed by atoms with van der Waals surface area (Å²) < 4.78 is 4.93. The van der Waals surface area contributed by atoms with Gasteiger partial charge in [0.1, 0.15) is 17.3 Å². The maximum absolute atomic E-state index is 12.2. The highest BCUT2D eigenvalue weighted by Crippen LogP contribution is 2.23. The molecule has 0 bridgehead atoms. The average Bonchev–Trinajstić information content (AvgIpc) is 2.62. The topological polar surface area (TPSA) is 89.0 Å². The van der Waals surface area contributed by atoms with Gasteiger partial charge >= 0.3 is 0 Å². The second-order valence-electron chi connectivity index (χ2n) is 5.44. The number of nitrogens with zero attached hydrogens (tertiary/aromatic N) is 3. The number of aromatic nitrogens is 3. The molecular formula is C18H19N5O2. The number of ether oxygens (including phenoxy) is 1. The van der Waals surface area contributed by atoms with Gasteiger partial charge in [0.05, 0.1) is 17.8 Å². The molecule has 7 heteroatoms. The van der Waals surface area contributed by atoms with Crippen molar-refractivity contribution in [2.45, 2.75) is 6.92 Å². The third kappa shape index (κ3) is 4.07. The van der Waals surface area contributed by atoms with Crippen molar-refractivity contribution in [1.82, 2.24) is 20.3 Å². The SMILES string of the molecule is COCCNC(=O)c1cc(Nc2cccc3cccnc23)nc(C)n1. The molecule has 128 valence electrons. The van der Waals surface area contributed by atoms with Crippen LogP contribution in [0.4, 0.5) is 11.5 Å². The van der Waals surface area contributed by atoms with E-state index in [1.165, 1.54) is 0 Å². The maximum Gasteiger partial charge on any atom is 0.270 e. The molecule has 1 amide bonds. The summed E-state index contributed by atoms with van der Waals surface area (Å²) in [5.41, 5.74) is 1.97. The Morgan fingerprint density at radius 2 is 2.04 bits per heavy atom. The smallest absolute Gasteiger partial charge is 0.270 e. The Morgan fingerprint density at radius 1 is 1.20 bits per heavy atom. The summed E-state index contributed by atoms with van der Waals surface area (Å²) >= 11 is 0. The third-order valence-corrected chi connectivity index (χ3v) is 3.56. The van der Waals surface area contributed by atoms with Crippen molar-refractivity contribution in [2.24, 2.45) is 0 Å². The van der Waals surface area contributed by atoms with E-state index in [2.05, 4.69) is 25.6 Å². The van der Waals surface area contributed by atoms with E-state index in [1.54, 1.807) is 26.3 Å². The van der Waals surface area contributed by atoms with E-state index in [1.807, 2.05) is 30.3 Å². The number of carbonyl (C=O) groups excluding carboxylic acids is 1. The molecule has 0 radical (unpaired) electrons. The van der Waals surface area contributed by atoms with Crippen LogP contribution in [-0.4, -0.2) is 41.1 Å². The molecular weight excluding hydrogens is 318 g/mol. The molecule has 3 aromatic rings. The molecule has 0 aliphatic rings. The number of rotatable bonds is 6. The molecule has 0 saturated heterocycles. The minimum atomic E-state index is -0.262. The highest BCUT2D eigenvalue weighted by Gasteiger charge is 2.11. The lowest BCUT2D eigenvalue weighted by atomic mass is 10.2. The largest absolute Gasteiger partial charge is 0.383 e. The van der Waals surface area contributed by atoms with Crippen LogP contribution >= 0.6 is 0 Å². The van der Waals surface area contributed by atoms with Gasteiger partial charge in [-0.1, -0.05) is 18.2 Å². The summed E-state index contributed by atoms with van der Waals surface area (Å²) in [4.78, 5) is 25.2. The van der Waals surface area contributed by atoms with Gasteiger partial charge in [0.25, 0.3) is 5.91 Å². The van der Waals surface area contributed by atoms with Crippen molar-refractivity contribution >= 4 is 28.3 Å². The van der Waals surface area contributed by atoms with Crippen LogP contribution in [-0.2, 0) is 4.74 Å². The molecule has 7 nitrogen and oxygen atoms in total. The first kappa shape index (κ1) is 16.8. The van der Waals surface area contributed by atoms with Gasteiger partial charge in [-0.15, -0.1) is 0 Å². The summed E-state index contributed by atoms with van der Waals surface area (Å²) in [6.45, 7) is 2.62. The summed E-state index contributed by atoms with van der Waals surface area (Å²) in [5, 5.41) is 7.01. The number of pyridine rings is 1. The molecule has 25 heavy (non-hydrogen) atoms. The zero-order chi connectivity index (χ0) is 17.6. The third-order valence-electron chi connectivity index (χ3n) is 3.56. The minimum Gasteiger partial charge on any atom is -0.383 e. The van der Waals surface area contributed by atoms with Gasteiger partial charge in [-0.2, -0.15) is 0 Å². The lowest BCUT2D eigenvalue weighted by Gasteiger charge is -2.10. The van der Waals surface area contributed by atoms with Gasteiger partial charge in [0.15, 0.2) is 0 Å². The average molecular weight is 337 g/mol. The fourth-order valence-corrected chi connectivity index (χ4v) is 2.45. The number of anilines is 2. The van der Waals surface area contributed by atoms with Crippen molar-refractivity contribution < 1.29 is 9.53 Å². The predicted octanol–water partition coefficient (Wildman–Crippen LogP) is 2.45. The van der Waals surface area contributed by atoms with Gasteiger partial charge in [0.2, 0.25) is 0 Å². The number of amides is 1. The Bertz CT molecular complexity index is 892. The monoisotopic (exact) mass is 337 g/mol. The zero-order valence-corrected chi connectivity index (χ0v) is 14.1. The van der Waals surface area contributed by atoms with Crippen LogP contribution in [0.15, 0.2) is 42.6 Å². The van der Waals surface area contributed by atoms with Crippen LogP contribution < -0.4 is 10.6 Å². The molecule has 0 aliphatic heterocycles. The molecule has 2 aromatic heterocycles. The van der Waals surface area contributed by atoms with Crippen molar-refractivity contribution in [3.8, 4) is 0 Å². The van der Waals surface area contributed by atoms with Gasteiger partial charge < -0.3 is 15.4 Å². The number of methoxy groups -OCH3 is 1. The highest BCUT2D eigenvalue weighted by molar-refractivity contribution is 5.94. The van der Waals surface area contributed by atoms with Gasteiger partial charge in [0, 0.05) is 31.3 Å². The van der Waals surface area contributed by atoms with E-state index in [9.17, 15) is 4.79 Å². The molecule has 0 fully saturated rings. The second-order valence-corrected chi connectivity index (χ2v) is 5.44. The molecule has 0 atom stereocenters. The lowest BCUT2D eigenvalue weighted by Crippen LogP contribution is -2.28. The Morgan fingerprint density at radius 3 is 2.88 bits per heavy atom. The first-order chi connectivity index (χ1) is 12.2. The van der Waals surface area contributed by atoms with Crippen molar-refractivity contribution in [3.05, 3.63) is 54.1 Å². The van der Waals surface area contributed by atoms with Crippen LogP contribution in [0.25, 0.3) is 10.9 Å².